The SMILES string of the molecule is O=C(CCn1[nH]c(=O)c2ccccc2c1=O)N[C@H]1CCSc2ccccc21. The highest BCUT2D eigenvalue weighted by atomic mass is 32.2. The fourth-order valence-corrected chi connectivity index (χ4v) is 4.50. The van der Waals surface area contributed by atoms with Gasteiger partial charge in [0.25, 0.3) is 11.1 Å². The highest BCUT2D eigenvalue weighted by Gasteiger charge is 2.21. The molecular formula is C20H19N3O3S. The van der Waals surface area contributed by atoms with E-state index in [0.717, 1.165) is 17.7 Å². The minimum Gasteiger partial charge on any atom is -0.349 e. The summed E-state index contributed by atoms with van der Waals surface area (Å²) in [4.78, 5) is 38.3. The third-order valence-corrected chi connectivity index (χ3v) is 5.86. The topological polar surface area (TPSA) is 84.0 Å². The molecule has 6 nitrogen and oxygen atoms in total. The van der Waals surface area contributed by atoms with Crippen LogP contribution in [0.3, 0.4) is 0 Å². The number of nitrogens with zero attached hydrogens (tertiary/aromatic N) is 1. The summed E-state index contributed by atoms with van der Waals surface area (Å²) in [6.45, 7) is 0.133. The van der Waals surface area contributed by atoms with Gasteiger partial charge in [0.1, 0.15) is 0 Å². The van der Waals surface area contributed by atoms with Crippen LogP contribution in [0.5, 0.6) is 0 Å². The maximum absolute atomic E-state index is 12.5. The Balaban J connectivity index is 1.48. The molecule has 7 heteroatoms. The number of carbonyl (C=O) groups is 1. The Kier molecular flexibility index (Phi) is 4.85. The van der Waals surface area contributed by atoms with Crippen LogP contribution < -0.4 is 16.4 Å². The molecule has 2 N–H and O–H groups in total. The monoisotopic (exact) mass is 381 g/mol. The molecule has 4 rings (SSSR count). The second kappa shape index (κ2) is 7.44. The second-order valence-corrected chi connectivity index (χ2v) is 7.63. The van der Waals surface area contributed by atoms with Gasteiger partial charge >= 0.3 is 0 Å². The van der Waals surface area contributed by atoms with Crippen molar-refractivity contribution in [1.29, 1.82) is 0 Å². The molecule has 27 heavy (non-hydrogen) atoms. The number of aromatic amines is 1. The third kappa shape index (κ3) is 3.55. The molecule has 1 amide bonds. The first-order valence-electron chi connectivity index (χ1n) is 8.86. The average molecular weight is 381 g/mol. The largest absolute Gasteiger partial charge is 0.349 e. The lowest BCUT2D eigenvalue weighted by Gasteiger charge is -2.25. The smallest absolute Gasteiger partial charge is 0.273 e. The molecule has 1 aliphatic heterocycles. The first-order chi connectivity index (χ1) is 13.1. The van der Waals surface area contributed by atoms with E-state index in [1.54, 1.807) is 36.0 Å². The number of nitrogens with one attached hydrogen (secondary N) is 2. The first-order valence-corrected chi connectivity index (χ1v) is 9.85. The second-order valence-electron chi connectivity index (χ2n) is 6.49. The molecule has 1 aliphatic rings. The number of aromatic nitrogens is 2. The molecule has 0 unspecified atom stereocenters. The number of hydrogen-bond donors (Lipinski definition) is 2. The Hall–Kier alpha value is -2.80. The zero-order chi connectivity index (χ0) is 18.8. The summed E-state index contributed by atoms with van der Waals surface area (Å²) in [7, 11) is 0. The van der Waals surface area contributed by atoms with E-state index in [-0.39, 0.29) is 36.0 Å². The van der Waals surface area contributed by atoms with Gasteiger partial charge in [-0.3, -0.25) is 19.5 Å². The summed E-state index contributed by atoms with van der Waals surface area (Å²) in [5.74, 6) is 0.821. The highest BCUT2D eigenvalue weighted by molar-refractivity contribution is 7.99. The first kappa shape index (κ1) is 17.6. The summed E-state index contributed by atoms with van der Waals surface area (Å²) < 4.78 is 1.22. The Morgan fingerprint density at radius 2 is 1.85 bits per heavy atom. The van der Waals surface area contributed by atoms with Crippen molar-refractivity contribution in [2.45, 2.75) is 30.3 Å². The highest BCUT2D eigenvalue weighted by Crippen LogP contribution is 2.35. The van der Waals surface area contributed by atoms with Gasteiger partial charge in [-0.15, -0.1) is 11.8 Å². The normalized spacial score (nSPS) is 16.1. The van der Waals surface area contributed by atoms with Crippen molar-refractivity contribution in [3.05, 3.63) is 74.8 Å². The lowest BCUT2D eigenvalue weighted by atomic mass is 10.0. The standard InChI is InChI=1S/C20H19N3O3S/c24-18(21-16-10-12-27-17-8-4-3-7-15(16)17)9-11-23-20(26)14-6-2-1-5-13(14)19(25)22-23/h1-8,16H,9-12H2,(H,21,24)(H,22,25)/t16-/m0/s1. The molecule has 3 aromatic rings. The minimum atomic E-state index is -0.330. The summed E-state index contributed by atoms with van der Waals surface area (Å²) in [6, 6.07) is 14.7. The Bertz CT molecular complexity index is 1120. The van der Waals surface area contributed by atoms with Gasteiger partial charge in [-0.1, -0.05) is 30.3 Å². The zero-order valence-corrected chi connectivity index (χ0v) is 15.4. The lowest BCUT2D eigenvalue weighted by molar-refractivity contribution is -0.122. The Morgan fingerprint density at radius 1 is 1.11 bits per heavy atom. The van der Waals surface area contributed by atoms with Gasteiger partial charge in [-0.05, 0) is 30.2 Å². The molecule has 2 aromatic carbocycles. The molecule has 0 bridgehead atoms. The number of amides is 1. The van der Waals surface area contributed by atoms with E-state index in [1.807, 2.05) is 18.2 Å². The van der Waals surface area contributed by atoms with Crippen molar-refractivity contribution < 1.29 is 4.79 Å². The molecule has 0 spiro atoms. The van der Waals surface area contributed by atoms with Gasteiger partial charge in [-0.2, -0.15) is 0 Å². The molecule has 0 saturated carbocycles. The van der Waals surface area contributed by atoms with Crippen molar-refractivity contribution in [2.75, 3.05) is 5.75 Å². The lowest BCUT2D eigenvalue weighted by Crippen LogP contribution is -2.34. The maximum atomic E-state index is 12.5. The van der Waals surface area contributed by atoms with Gasteiger partial charge in [0.2, 0.25) is 5.91 Å². The van der Waals surface area contributed by atoms with E-state index in [0.29, 0.717) is 10.8 Å². The summed E-state index contributed by atoms with van der Waals surface area (Å²) in [5.41, 5.74) is 0.514. The minimum absolute atomic E-state index is 0.0117. The summed E-state index contributed by atoms with van der Waals surface area (Å²) >= 11 is 1.80. The third-order valence-electron chi connectivity index (χ3n) is 4.74. The van der Waals surface area contributed by atoms with Gasteiger partial charge in [0.15, 0.2) is 0 Å². The molecule has 2 heterocycles. The number of H-pyrrole nitrogens is 1. The Morgan fingerprint density at radius 3 is 2.70 bits per heavy atom. The van der Waals surface area contributed by atoms with E-state index >= 15 is 0 Å². The van der Waals surface area contributed by atoms with Crippen LogP contribution in [0.4, 0.5) is 0 Å². The fourth-order valence-electron chi connectivity index (χ4n) is 3.38. The van der Waals surface area contributed by atoms with Crippen LogP contribution in [0.15, 0.2) is 63.0 Å². The van der Waals surface area contributed by atoms with Gasteiger partial charge in [0, 0.05) is 17.1 Å². The van der Waals surface area contributed by atoms with Gasteiger partial charge in [-0.25, -0.2) is 4.68 Å². The maximum Gasteiger partial charge on any atom is 0.273 e. The molecule has 1 atom stereocenters. The summed E-state index contributed by atoms with van der Waals surface area (Å²) in [5, 5.41) is 6.34. The number of thioether (sulfide) groups is 1. The zero-order valence-electron chi connectivity index (χ0n) is 14.6. The quantitative estimate of drug-likeness (QED) is 0.727. The van der Waals surface area contributed by atoms with Crippen molar-refractivity contribution in [2.24, 2.45) is 0 Å². The van der Waals surface area contributed by atoms with Gasteiger partial charge < -0.3 is 5.32 Å². The molecule has 0 aliphatic carbocycles. The molecule has 0 saturated heterocycles. The van der Waals surface area contributed by atoms with Crippen LogP contribution in [0.25, 0.3) is 10.8 Å². The van der Waals surface area contributed by atoms with E-state index < -0.39 is 0 Å². The predicted molar refractivity (Wildman–Crippen MR) is 106 cm³/mol. The predicted octanol–water partition coefficient (Wildman–Crippen LogP) is 2.43. The molecular weight excluding hydrogens is 362 g/mol. The van der Waals surface area contributed by atoms with Crippen LogP contribution in [-0.2, 0) is 11.3 Å². The van der Waals surface area contributed by atoms with Crippen LogP contribution >= 0.6 is 11.8 Å². The Labute approximate surface area is 159 Å². The van der Waals surface area contributed by atoms with Gasteiger partial charge in [0.05, 0.1) is 23.4 Å². The van der Waals surface area contributed by atoms with Crippen molar-refractivity contribution in [3.63, 3.8) is 0 Å². The van der Waals surface area contributed by atoms with Crippen molar-refractivity contribution in [3.8, 4) is 0 Å². The van der Waals surface area contributed by atoms with Crippen molar-refractivity contribution >= 4 is 28.4 Å². The van der Waals surface area contributed by atoms with Crippen LogP contribution in [-0.4, -0.2) is 21.4 Å². The number of carbonyl (C=O) groups excluding carboxylic acids is 1. The fraction of sp³-hybridized carbons (Fsp3) is 0.250. The van der Waals surface area contributed by atoms with E-state index in [9.17, 15) is 14.4 Å². The molecule has 1 aromatic heterocycles. The molecule has 0 radical (unpaired) electrons. The van der Waals surface area contributed by atoms with Crippen LogP contribution in [0.1, 0.15) is 24.4 Å². The number of hydrogen-bond acceptors (Lipinski definition) is 4. The number of benzene rings is 2. The number of aryl methyl sites for hydroxylation is 1. The summed E-state index contributed by atoms with van der Waals surface area (Å²) in [6.07, 6.45) is 1.00. The van der Waals surface area contributed by atoms with Crippen molar-refractivity contribution in [1.82, 2.24) is 15.1 Å². The van der Waals surface area contributed by atoms with E-state index in [2.05, 4.69) is 16.5 Å². The molecule has 138 valence electrons. The number of fused-ring (bicyclic) bond motifs is 2. The number of rotatable bonds is 4. The van der Waals surface area contributed by atoms with Crippen LogP contribution in [0, 0.1) is 0 Å². The van der Waals surface area contributed by atoms with Crippen LogP contribution in [0.2, 0.25) is 0 Å². The molecule has 0 fully saturated rings. The van der Waals surface area contributed by atoms with E-state index in [1.165, 1.54) is 9.58 Å². The van der Waals surface area contributed by atoms with E-state index in [4.69, 9.17) is 0 Å². The average Bonchev–Trinajstić information content (AvgIpc) is 2.70.